The lowest BCUT2D eigenvalue weighted by atomic mass is 10.3. The Labute approximate surface area is 78.7 Å². The van der Waals surface area contributed by atoms with Crippen LogP contribution < -0.4 is 0 Å². The van der Waals surface area contributed by atoms with Crippen LogP contribution in [-0.4, -0.2) is 32.3 Å². The minimum atomic E-state index is -3.62. The van der Waals surface area contributed by atoms with Gasteiger partial charge in [0.25, 0.3) is 0 Å². The van der Waals surface area contributed by atoms with Gasteiger partial charge in [-0.3, -0.25) is 0 Å². The summed E-state index contributed by atoms with van der Waals surface area (Å²) in [6.45, 7) is -0.0652. The van der Waals surface area contributed by atoms with Crippen molar-refractivity contribution in [2.75, 3.05) is 20.8 Å². The van der Waals surface area contributed by atoms with E-state index in [0.717, 1.165) is 7.11 Å². The quantitative estimate of drug-likeness (QED) is 0.373. The molecule has 7 heteroatoms. The van der Waals surface area contributed by atoms with Crippen LogP contribution in [0.15, 0.2) is 0 Å². The topological polar surface area (TPSA) is 27.7 Å². The second-order valence-electron chi connectivity index (χ2n) is 2.13. The third-order valence-electron chi connectivity index (χ3n) is 1.15. The van der Waals surface area contributed by atoms with E-state index in [4.69, 9.17) is 0 Å². The summed E-state index contributed by atoms with van der Waals surface area (Å²) in [4.78, 5) is 3.92. The SMILES string of the molecule is COCCC(F)C(F)(F)SOOC. The number of alkyl halides is 3. The maximum Gasteiger partial charge on any atom is 0.351 e. The molecule has 13 heavy (non-hydrogen) atoms. The molecule has 0 amide bonds. The molecule has 0 aromatic rings. The van der Waals surface area contributed by atoms with Crippen LogP contribution in [0.25, 0.3) is 0 Å². The number of halogens is 3. The van der Waals surface area contributed by atoms with Gasteiger partial charge in [0.1, 0.15) is 12.0 Å². The molecule has 0 aromatic heterocycles. The van der Waals surface area contributed by atoms with E-state index in [1.807, 2.05) is 0 Å². The molecule has 0 aliphatic carbocycles. The van der Waals surface area contributed by atoms with Crippen LogP contribution in [-0.2, 0) is 14.0 Å². The zero-order chi connectivity index (χ0) is 10.3. The fourth-order valence-corrected chi connectivity index (χ4v) is 0.902. The molecule has 80 valence electrons. The molecule has 0 radical (unpaired) electrons. The highest BCUT2D eigenvalue weighted by atomic mass is 32.2. The van der Waals surface area contributed by atoms with Crippen molar-refractivity contribution in [2.24, 2.45) is 0 Å². The molecule has 0 aromatic carbocycles. The Hall–Kier alpha value is 0.0200. The van der Waals surface area contributed by atoms with E-state index in [9.17, 15) is 13.2 Å². The standard InChI is InChI=1S/C6H11F3O3S/c1-10-4-3-5(7)6(8,9)13-12-11-2/h5H,3-4H2,1-2H3. The van der Waals surface area contributed by atoms with Gasteiger partial charge in [-0.2, -0.15) is 13.1 Å². The Kier molecular flexibility index (Phi) is 6.48. The zero-order valence-corrected chi connectivity index (χ0v) is 8.07. The van der Waals surface area contributed by atoms with Crippen LogP contribution in [0.5, 0.6) is 0 Å². The van der Waals surface area contributed by atoms with Gasteiger partial charge in [-0.05, 0) is 0 Å². The first-order valence-electron chi connectivity index (χ1n) is 3.44. The molecule has 1 atom stereocenters. The lowest BCUT2D eigenvalue weighted by Crippen LogP contribution is -2.27. The van der Waals surface area contributed by atoms with Gasteiger partial charge in [-0.15, -0.1) is 0 Å². The molecule has 0 rings (SSSR count). The fourth-order valence-electron chi connectivity index (χ4n) is 0.521. The molecule has 3 nitrogen and oxygen atoms in total. The van der Waals surface area contributed by atoms with Crippen molar-refractivity contribution in [3.8, 4) is 0 Å². The van der Waals surface area contributed by atoms with E-state index < -0.39 is 11.4 Å². The summed E-state index contributed by atoms with van der Waals surface area (Å²) in [7, 11) is 2.37. The lowest BCUT2D eigenvalue weighted by molar-refractivity contribution is -0.168. The number of hydrogen-bond donors (Lipinski definition) is 0. The Morgan fingerprint density at radius 1 is 1.38 bits per heavy atom. The molecule has 0 aliphatic rings. The van der Waals surface area contributed by atoms with Crippen molar-refractivity contribution in [3.05, 3.63) is 0 Å². The monoisotopic (exact) mass is 220 g/mol. The highest BCUT2D eigenvalue weighted by molar-refractivity contribution is 7.95. The van der Waals surface area contributed by atoms with Gasteiger partial charge in [0.05, 0.1) is 7.11 Å². The molecule has 0 fully saturated rings. The molecule has 0 aliphatic heterocycles. The molecule has 0 saturated heterocycles. The van der Waals surface area contributed by atoms with Crippen LogP contribution in [0.2, 0.25) is 0 Å². The Morgan fingerprint density at radius 3 is 2.46 bits per heavy atom. The maximum absolute atomic E-state index is 12.7. The summed E-state index contributed by atoms with van der Waals surface area (Å²) >= 11 is -0.349. The van der Waals surface area contributed by atoms with Gasteiger partial charge in [0.2, 0.25) is 0 Å². The number of ether oxygens (including phenoxy) is 1. The van der Waals surface area contributed by atoms with E-state index in [0.29, 0.717) is 0 Å². The first-order chi connectivity index (χ1) is 6.04. The normalized spacial score (nSPS) is 14.5. The fraction of sp³-hybridized carbons (Fsp3) is 1.00. The van der Waals surface area contributed by atoms with Crippen LogP contribution in [0, 0.1) is 0 Å². The average Bonchev–Trinajstić information content (AvgIpc) is 2.10. The molecule has 1 unspecified atom stereocenters. The highest BCUT2D eigenvalue weighted by Crippen LogP contribution is 2.36. The van der Waals surface area contributed by atoms with Crippen molar-refractivity contribution >= 4 is 12.0 Å². The highest BCUT2D eigenvalue weighted by Gasteiger charge is 2.42. The minimum Gasteiger partial charge on any atom is -0.385 e. The molecule has 0 bridgehead atoms. The molecule has 0 spiro atoms. The van der Waals surface area contributed by atoms with Gasteiger partial charge in [0, 0.05) is 20.1 Å². The minimum absolute atomic E-state index is 0.0652. The van der Waals surface area contributed by atoms with Crippen LogP contribution in [0.3, 0.4) is 0 Å². The van der Waals surface area contributed by atoms with Crippen molar-refractivity contribution in [3.63, 3.8) is 0 Å². The largest absolute Gasteiger partial charge is 0.385 e. The zero-order valence-electron chi connectivity index (χ0n) is 7.26. The van der Waals surface area contributed by atoms with E-state index in [-0.39, 0.29) is 25.1 Å². The first kappa shape index (κ1) is 13.0. The van der Waals surface area contributed by atoms with Crippen LogP contribution in [0.1, 0.15) is 6.42 Å². The third-order valence-corrected chi connectivity index (χ3v) is 1.84. The molecular formula is C6H11F3O3S. The number of rotatable bonds is 7. The second kappa shape index (κ2) is 6.47. The summed E-state index contributed by atoms with van der Waals surface area (Å²) in [6, 6.07) is 0. The Balaban J connectivity index is 3.80. The van der Waals surface area contributed by atoms with E-state index in [1.165, 1.54) is 7.11 Å². The van der Waals surface area contributed by atoms with Crippen LogP contribution >= 0.6 is 12.0 Å². The predicted molar refractivity (Wildman–Crippen MR) is 42.0 cm³/mol. The van der Waals surface area contributed by atoms with Crippen LogP contribution in [0.4, 0.5) is 13.2 Å². The first-order valence-corrected chi connectivity index (χ1v) is 4.18. The van der Waals surface area contributed by atoms with Crippen molar-refractivity contribution in [1.29, 1.82) is 0 Å². The summed E-state index contributed by atoms with van der Waals surface area (Å²) in [6.07, 6.45) is -2.70. The summed E-state index contributed by atoms with van der Waals surface area (Å²) in [5.74, 6) is 0. The van der Waals surface area contributed by atoms with Crippen molar-refractivity contribution < 1.29 is 27.1 Å². The average molecular weight is 220 g/mol. The van der Waals surface area contributed by atoms with Gasteiger partial charge in [-0.1, -0.05) is 0 Å². The van der Waals surface area contributed by atoms with Gasteiger partial charge in [0.15, 0.2) is 6.17 Å². The van der Waals surface area contributed by atoms with E-state index >= 15 is 0 Å². The van der Waals surface area contributed by atoms with Crippen molar-refractivity contribution in [1.82, 2.24) is 0 Å². The number of methoxy groups -OCH3 is 1. The lowest BCUT2D eigenvalue weighted by Gasteiger charge is -2.17. The maximum atomic E-state index is 12.7. The third kappa shape index (κ3) is 5.35. The summed E-state index contributed by atoms with van der Waals surface area (Å²) < 4.78 is 46.4. The second-order valence-corrected chi connectivity index (χ2v) is 2.98. The smallest absolute Gasteiger partial charge is 0.351 e. The summed E-state index contributed by atoms with van der Waals surface area (Å²) in [5.41, 5.74) is 0. The molecule has 0 heterocycles. The van der Waals surface area contributed by atoms with E-state index in [2.05, 4.69) is 14.0 Å². The number of hydrogen-bond acceptors (Lipinski definition) is 4. The van der Waals surface area contributed by atoms with Gasteiger partial charge < -0.3 is 4.74 Å². The van der Waals surface area contributed by atoms with Crippen molar-refractivity contribution in [2.45, 2.75) is 17.8 Å². The molecule has 0 saturated carbocycles. The predicted octanol–water partition coefficient (Wildman–Crippen LogP) is 2.18. The van der Waals surface area contributed by atoms with Gasteiger partial charge in [-0.25, -0.2) is 9.28 Å². The molecular weight excluding hydrogens is 209 g/mol. The molecule has 0 N–H and O–H groups in total. The summed E-state index contributed by atoms with van der Waals surface area (Å²) in [5, 5.41) is -3.62. The van der Waals surface area contributed by atoms with Gasteiger partial charge >= 0.3 is 5.25 Å². The Bertz CT molecular complexity index is 136. The van der Waals surface area contributed by atoms with E-state index in [1.54, 1.807) is 0 Å². The Morgan fingerprint density at radius 2 is 2.00 bits per heavy atom.